The largest absolute Gasteiger partial charge is 0.339 e. The molecule has 102 valence electrons. The molecule has 0 unspecified atom stereocenters. The number of benzene rings is 1. The van der Waals surface area contributed by atoms with E-state index in [0.29, 0.717) is 28.5 Å². The number of carbonyl (C=O) groups excluding carboxylic acids is 2. The summed E-state index contributed by atoms with van der Waals surface area (Å²) in [5, 5.41) is 0.895. The third-order valence-electron chi connectivity index (χ3n) is 3.49. The van der Waals surface area contributed by atoms with E-state index >= 15 is 0 Å². The maximum absolute atomic E-state index is 12.4. The highest BCUT2D eigenvalue weighted by atomic mass is 35.5. The summed E-state index contributed by atoms with van der Waals surface area (Å²) in [6.45, 7) is 0. The zero-order valence-electron chi connectivity index (χ0n) is 10.7. The summed E-state index contributed by atoms with van der Waals surface area (Å²) in [5.74, 6) is 0.173. The highest BCUT2D eigenvalue weighted by Crippen LogP contribution is 2.24. The van der Waals surface area contributed by atoms with Crippen LogP contribution in [0.15, 0.2) is 18.2 Å². The summed E-state index contributed by atoms with van der Waals surface area (Å²) in [5.41, 5.74) is 0.483. The van der Waals surface area contributed by atoms with Gasteiger partial charge in [-0.3, -0.25) is 9.59 Å². The van der Waals surface area contributed by atoms with Crippen molar-refractivity contribution in [1.82, 2.24) is 4.90 Å². The quantitative estimate of drug-likeness (QED) is 0.837. The monoisotopic (exact) mass is 299 g/mol. The van der Waals surface area contributed by atoms with Gasteiger partial charge in [0, 0.05) is 41.5 Å². The van der Waals surface area contributed by atoms with Gasteiger partial charge in [0.1, 0.15) is 5.78 Å². The lowest BCUT2D eigenvalue weighted by atomic mass is 9.93. The lowest BCUT2D eigenvalue weighted by molar-refractivity contribution is -0.121. The number of rotatable bonds is 2. The fourth-order valence-electron chi connectivity index (χ4n) is 2.36. The number of hydrogen-bond donors (Lipinski definition) is 0. The first-order valence-electron chi connectivity index (χ1n) is 6.22. The molecule has 0 bridgehead atoms. The molecular weight excluding hydrogens is 285 g/mol. The van der Waals surface area contributed by atoms with Gasteiger partial charge in [0.25, 0.3) is 5.91 Å². The van der Waals surface area contributed by atoms with E-state index in [1.165, 1.54) is 0 Å². The average molecular weight is 300 g/mol. The molecule has 1 aliphatic rings. The predicted molar refractivity (Wildman–Crippen MR) is 75.8 cm³/mol. The van der Waals surface area contributed by atoms with Crippen LogP contribution < -0.4 is 0 Å². The molecule has 0 heterocycles. The van der Waals surface area contributed by atoms with Gasteiger partial charge in [-0.15, -0.1) is 0 Å². The number of amides is 1. The molecule has 0 radical (unpaired) electrons. The van der Waals surface area contributed by atoms with Crippen molar-refractivity contribution in [2.75, 3.05) is 7.05 Å². The summed E-state index contributed by atoms with van der Waals surface area (Å²) in [6, 6.07) is 4.93. The van der Waals surface area contributed by atoms with Gasteiger partial charge < -0.3 is 4.90 Å². The van der Waals surface area contributed by atoms with Crippen LogP contribution in [0.5, 0.6) is 0 Å². The van der Waals surface area contributed by atoms with E-state index in [-0.39, 0.29) is 17.7 Å². The van der Waals surface area contributed by atoms with Crippen LogP contribution in [0.2, 0.25) is 10.0 Å². The second kappa shape index (κ2) is 5.93. The van der Waals surface area contributed by atoms with Crippen molar-refractivity contribution in [2.24, 2.45) is 0 Å². The molecule has 0 spiro atoms. The lowest BCUT2D eigenvalue weighted by Crippen LogP contribution is -2.39. The molecule has 1 fully saturated rings. The minimum Gasteiger partial charge on any atom is -0.339 e. The molecule has 1 aromatic carbocycles. The Hall–Kier alpha value is -1.06. The number of halogens is 2. The summed E-state index contributed by atoms with van der Waals surface area (Å²) in [6.07, 6.45) is 2.57. The third kappa shape index (κ3) is 3.48. The molecule has 19 heavy (non-hydrogen) atoms. The first-order valence-corrected chi connectivity index (χ1v) is 6.98. The van der Waals surface area contributed by atoms with Crippen molar-refractivity contribution in [3.05, 3.63) is 33.8 Å². The Kier molecular flexibility index (Phi) is 4.48. The van der Waals surface area contributed by atoms with Gasteiger partial charge in [-0.25, -0.2) is 0 Å². The molecule has 1 saturated carbocycles. The molecule has 1 aromatic rings. The molecule has 0 saturated heterocycles. The number of nitrogens with zero attached hydrogens (tertiary/aromatic N) is 1. The highest BCUT2D eigenvalue weighted by Gasteiger charge is 2.26. The minimum atomic E-state index is -0.108. The second-order valence-electron chi connectivity index (χ2n) is 4.84. The van der Waals surface area contributed by atoms with Crippen LogP contribution >= 0.6 is 23.2 Å². The van der Waals surface area contributed by atoms with E-state index < -0.39 is 0 Å². The first kappa shape index (κ1) is 14.4. The smallest absolute Gasteiger partial charge is 0.253 e. The first-order chi connectivity index (χ1) is 8.97. The van der Waals surface area contributed by atoms with Gasteiger partial charge in [-0.1, -0.05) is 23.2 Å². The third-order valence-corrected chi connectivity index (χ3v) is 3.93. The Bertz CT molecular complexity index is 486. The van der Waals surface area contributed by atoms with Crippen molar-refractivity contribution < 1.29 is 9.59 Å². The molecule has 3 nitrogen and oxygen atoms in total. The number of Topliss-reactive ketones (excluding diaryl/α,β-unsaturated/α-hetero) is 1. The minimum absolute atomic E-state index is 0.108. The maximum atomic E-state index is 12.4. The standard InChI is InChI=1S/C14H15Cl2NO2/c1-17(12-2-4-13(18)5-3-12)14(19)9-6-10(15)8-11(16)7-9/h6-8,12H,2-5H2,1H3. The van der Waals surface area contributed by atoms with Gasteiger partial charge in [0.2, 0.25) is 0 Å². The van der Waals surface area contributed by atoms with Crippen LogP contribution in [-0.2, 0) is 4.79 Å². The van der Waals surface area contributed by atoms with Crippen molar-refractivity contribution in [3.63, 3.8) is 0 Å². The van der Waals surface area contributed by atoms with Crippen molar-refractivity contribution in [1.29, 1.82) is 0 Å². The van der Waals surface area contributed by atoms with Crippen molar-refractivity contribution in [3.8, 4) is 0 Å². The van der Waals surface area contributed by atoms with E-state index in [1.807, 2.05) is 0 Å². The zero-order valence-corrected chi connectivity index (χ0v) is 12.2. The molecule has 2 rings (SSSR count). The lowest BCUT2D eigenvalue weighted by Gasteiger charge is -2.30. The normalized spacial score (nSPS) is 16.5. The fourth-order valence-corrected chi connectivity index (χ4v) is 2.88. The highest BCUT2D eigenvalue weighted by molar-refractivity contribution is 6.35. The molecule has 1 amide bonds. The average Bonchev–Trinajstić information content (AvgIpc) is 2.37. The van der Waals surface area contributed by atoms with E-state index in [1.54, 1.807) is 30.1 Å². The van der Waals surface area contributed by atoms with E-state index in [0.717, 1.165) is 12.8 Å². The second-order valence-corrected chi connectivity index (χ2v) is 5.72. The summed E-state index contributed by atoms with van der Waals surface area (Å²) < 4.78 is 0. The Balaban J connectivity index is 2.12. The molecule has 0 aromatic heterocycles. The Morgan fingerprint density at radius 2 is 1.68 bits per heavy atom. The molecule has 5 heteroatoms. The van der Waals surface area contributed by atoms with E-state index in [4.69, 9.17) is 23.2 Å². The Labute approximate surface area is 122 Å². The van der Waals surface area contributed by atoms with Gasteiger partial charge in [0.15, 0.2) is 0 Å². The van der Waals surface area contributed by atoms with Crippen molar-refractivity contribution in [2.45, 2.75) is 31.7 Å². The van der Waals surface area contributed by atoms with Crippen LogP contribution in [0.1, 0.15) is 36.0 Å². The molecule has 0 atom stereocenters. The summed E-state index contributed by atoms with van der Waals surface area (Å²) in [4.78, 5) is 25.3. The van der Waals surface area contributed by atoms with E-state index in [9.17, 15) is 9.59 Å². The van der Waals surface area contributed by atoms with Crippen LogP contribution in [-0.4, -0.2) is 29.7 Å². The van der Waals surface area contributed by atoms with Crippen LogP contribution in [0.25, 0.3) is 0 Å². The summed E-state index contributed by atoms with van der Waals surface area (Å²) >= 11 is 11.8. The SMILES string of the molecule is CN(C(=O)c1cc(Cl)cc(Cl)c1)C1CCC(=O)CC1. The topological polar surface area (TPSA) is 37.4 Å². The molecule has 1 aliphatic carbocycles. The molecule has 0 N–H and O–H groups in total. The molecule has 0 aliphatic heterocycles. The predicted octanol–water partition coefficient (Wildman–Crippen LogP) is 3.58. The van der Waals surface area contributed by atoms with Gasteiger partial charge >= 0.3 is 0 Å². The van der Waals surface area contributed by atoms with Crippen LogP contribution in [0, 0.1) is 0 Å². The maximum Gasteiger partial charge on any atom is 0.253 e. The molecular formula is C14H15Cl2NO2. The van der Waals surface area contributed by atoms with Crippen molar-refractivity contribution >= 4 is 34.9 Å². The van der Waals surface area contributed by atoms with Gasteiger partial charge in [-0.05, 0) is 31.0 Å². The number of hydrogen-bond acceptors (Lipinski definition) is 2. The van der Waals surface area contributed by atoms with Crippen LogP contribution in [0.3, 0.4) is 0 Å². The zero-order chi connectivity index (χ0) is 14.0. The van der Waals surface area contributed by atoms with Crippen LogP contribution in [0.4, 0.5) is 0 Å². The number of ketones is 1. The summed E-state index contributed by atoms with van der Waals surface area (Å²) in [7, 11) is 1.76. The van der Waals surface area contributed by atoms with Gasteiger partial charge in [0.05, 0.1) is 0 Å². The Morgan fingerprint density at radius 1 is 1.16 bits per heavy atom. The van der Waals surface area contributed by atoms with Gasteiger partial charge in [-0.2, -0.15) is 0 Å². The van der Waals surface area contributed by atoms with E-state index in [2.05, 4.69) is 0 Å². The fraction of sp³-hybridized carbons (Fsp3) is 0.429. The number of carbonyl (C=O) groups is 2. The Morgan fingerprint density at radius 3 is 2.21 bits per heavy atom.